The number of hydrogen-bond acceptors (Lipinski definition) is 4. The number of nitrogens with zero attached hydrogens (tertiary/aromatic N) is 4. The Kier molecular flexibility index (Phi) is 5.61. The maximum atomic E-state index is 8.63. The van der Waals surface area contributed by atoms with Crippen molar-refractivity contribution in [2.75, 3.05) is 6.54 Å². The number of oxime groups is 1. The minimum absolute atomic E-state index is 0.275. The Morgan fingerprint density at radius 2 is 2.24 bits per heavy atom. The normalized spacial score (nSPS) is 17.2. The molecule has 1 saturated carbocycles. The highest BCUT2D eigenvalue weighted by Crippen LogP contribution is 2.28. The van der Waals surface area contributed by atoms with Gasteiger partial charge in [0, 0.05) is 31.7 Å². The topological polar surface area (TPSA) is 79.7 Å². The molecule has 0 amide bonds. The lowest BCUT2D eigenvalue weighted by Gasteiger charge is -2.25. The summed E-state index contributed by atoms with van der Waals surface area (Å²) in [5, 5.41) is 16.4. The molecule has 21 heavy (non-hydrogen) atoms. The van der Waals surface area contributed by atoms with E-state index < -0.39 is 0 Å². The molecule has 1 fully saturated rings. The highest BCUT2D eigenvalue weighted by Gasteiger charge is 2.18. The predicted molar refractivity (Wildman–Crippen MR) is 83.3 cm³/mol. The van der Waals surface area contributed by atoms with Gasteiger partial charge in [0.15, 0.2) is 0 Å². The zero-order chi connectivity index (χ0) is 15.2. The van der Waals surface area contributed by atoms with Crippen LogP contribution in [-0.4, -0.2) is 38.3 Å². The fraction of sp³-hybridized carbons (Fsp3) is 0.733. The standard InChI is InChI=1S/C15H27N5O/c1-12(2)19(9-8-15(16)18-21)11-13-7-10-20(17-13)14-5-3-4-6-14/h7,10,12,14,21H,3-6,8-9,11H2,1-2H3,(H2,16,18). The Labute approximate surface area is 126 Å². The summed E-state index contributed by atoms with van der Waals surface area (Å²) in [7, 11) is 0. The average Bonchev–Trinajstić information content (AvgIpc) is 3.13. The molecule has 0 aromatic carbocycles. The maximum Gasteiger partial charge on any atom is 0.140 e. The number of nitrogens with two attached hydrogens (primary N) is 1. The molecule has 118 valence electrons. The van der Waals surface area contributed by atoms with Crippen LogP contribution >= 0.6 is 0 Å². The Bertz CT molecular complexity index is 462. The van der Waals surface area contributed by atoms with Gasteiger partial charge in [-0.1, -0.05) is 18.0 Å². The quantitative estimate of drug-likeness (QED) is 0.350. The molecule has 0 aliphatic heterocycles. The van der Waals surface area contributed by atoms with Crippen LogP contribution in [-0.2, 0) is 6.54 Å². The van der Waals surface area contributed by atoms with E-state index in [-0.39, 0.29) is 5.84 Å². The van der Waals surface area contributed by atoms with Crippen molar-refractivity contribution in [2.24, 2.45) is 10.9 Å². The number of aromatic nitrogens is 2. The molecule has 1 aliphatic rings. The second-order valence-electron chi connectivity index (χ2n) is 6.13. The molecule has 0 radical (unpaired) electrons. The summed E-state index contributed by atoms with van der Waals surface area (Å²) in [4.78, 5) is 2.29. The third-order valence-corrected chi connectivity index (χ3v) is 4.24. The fourth-order valence-electron chi connectivity index (χ4n) is 2.87. The van der Waals surface area contributed by atoms with Crippen molar-refractivity contribution in [1.82, 2.24) is 14.7 Å². The van der Waals surface area contributed by atoms with Crippen molar-refractivity contribution < 1.29 is 5.21 Å². The van der Waals surface area contributed by atoms with Gasteiger partial charge in [0.05, 0.1) is 11.7 Å². The van der Waals surface area contributed by atoms with Crippen LogP contribution in [0.15, 0.2) is 17.4 Å². The molecule has 0 bridgehead atoms. The highest BCUT2D eigenvalue weighted by atomic mass is 16.4. The van der Waals surface area contributed by atoms with Gasteiger partial charge in [-0.3, -0.25) is 9.58 Å². The third-order valence-electron chi connectivity index (χ3n) is 4.24. The van der Waals surface area contributed by atoms with Crippen LogP contribution in [0, 0.1) is 0 Å². The second-order valence-corrected chi connectivity index (χ2v) is 6.13. The lowest BCUT2D eigenvalue weighted by molar-refractivity contribution is 0.214. The van der Waals surface area contributed by atoms with Crippen LogP contribution in [0.25, 0.3) is 0 Å². The van der Waals surface area contributed by atoms with Gasteiger partial charge < -0.3 is 10.9 Å². The molecule has 0 saturated heterocycles. The highest BCUT2D eigenvalue weighted by molar-refractivity contribution is 5.79. The molecule has 1 aliphatic carbocycles. The van der Waals surface area contributed by atoms with Crippen LogP contribution in [0.4, 0.5) is 0 Å². The van der Waals surface area contributed by atoms with E-state index in [0.29, 0.717) is 18.5 Å². The summed E-state index contributed by atoms with van der Waals surface area (Å²) < 4.78 is 2.13. The maximum absolute atomic E-state index is 8.63. The van der Waals surface area contributed by atoms with Gasteiger partial charge in [0.25, 0.3) is 0 Å². The Morgan fingerprint density at radius 3 is 2.86 bits per heavy atom. The summed E-state index contributed by atoms with van der Waals surface area (Å²) in [5.74, 6) is 0.275. The van der Waals surface area contributed by atoms with Crippen LogP contribution in [0.1, 0.15) is 57.7 Å². The molecule has 1 aromatic rings. The molecule has 6 heteroatoms. The second kappa shape index (κ2) is 7.45. The molecule has 0 atom stereocenters. The van der Waals surface area contributed by atoms with E-state index >= 15 is 0 Å². The number of rotatable bonds is 7. The van der Waals surface area contributed by atoms with Crippen LogP contribution in [0.5, 0.6) is 0 Å². The minimum Gasteiger partial charge on any atom is -0.409 e. The first-order valence-electron chi connectivity index (χ1n) is 7.84. The van der Waals surface area contributed by atoms with E-state index in [1.807, 2.05) is 0 Å². The average molecular weight is 293 g/mol. The number of amidine groups is 1. The SMILES string of the molecule is CC(C)N(CCC(N)=NO)Cc1ccn(C2CCCC2)n1. The molecular weight excluding hydrogens is 266 g/mol. The first-order chi connectivity index (χ1) is 10.1. The zero-order valence-corrected chi connectivity index (χ0v) is 13.1. The molecular formula is C15H27N5O. The van der Waals surface area contributed by atoms with Gasteiger partial charge in [0.2, 0.25) is 0 Å². The van der Waals surface area contributed by atoms with E-state index in [2.05, 4.69) is 40.8 Å². The summed E-state index contributed by atoms with van der Waals surface area (Å²) in [6.07, 6.45) is 7.80. The number of hydrogen-bond donors (Lipinski definition) is 2. The Hall–Kier alpha value is -1.56. The zero-order valence-electron chi connectivity index (χ0n) is 13.1. The van der Waals surface area contributed by atoms with E-state index in [4.69, 9.17) is 16.0 Å². The van der Waals surface area contributed by atoms with Gasteiger partial charge in [-0.2, -0.15) is 5.10 Å². The molecule has 1 heterocycles. The van der Waals surface area contributed by atoms with Crippen LogP contribution in [0.2, 0.25) is 0 Å². The van der Waals surface area contributed by atoms with Crippen molar-refractivity contribution in [2.45, 2.75) is 64.6 Å². The van der Waals surface area contributed by atoms with Crippen molar-refractivity contribution in [1.29, 1.82) is 0 Å². The first-order valence-corrected chi connectivity index (χ1v) is 7.84. The third kappa shape index (κ3) is 4.46. The lowest BCUT2D eigenvalue weighted by Crippen LogP contribution is -2.33. The monoisotopic (exact) mass is 293 g/mol. The van der Waals surface area contributed by atoms with Crippen molar-refractivity contribution in [3.63, 3.8) is 0 Å². The van der Waals surface area contributed by atoms with Crippen molar-refractivity contribution in [3.05, 3.63) is 18.0 Å². The van der Waals surface area contributed by atoms with Gasteiger partial charge in [0.1, 0.15) is 5.84 Å². The van der Waals surface area contributed by atoms with Gasteiger partial charge in [-0.05, 0) is 32.8 Å². The molecule has 0 unspecified atom stereocenters. The molecule has 1 aromatic heterocycles. The molecule has 2 rings (SSSR count). The van der Waals surface area contributed by atoms with Crippen LogP contribution in [0.3, 0.4) is 0 Å². The van der Waals surface area contributed by atoms with Crippen molar-refractivity contribution >= 4 is 5.84 Å². The van der Waals surface area contributed by atoms with E-state index in [9.17, 15) is 0 Å². The summed E-state index contributed by atoms with van der Waals surface area (Å²) in [6.45, 7) is 5.88. The Balaban J connectivity index is 1.93. The van der Waals surface area contributed by atoms with Crippen LogP contribution < -0.4 is 5.73 Å². The molecule has 6 nitrogen and oxygen atoms in total. The van der Waals surface area contributed by atoms with Gasteiger partial charge >= 0.3 is 0 Å². The first kappa shape index (κ1) is 15.8. The van der Waals surface area contributed by atoms with E-state index in [1.54, 1.807) is 0 Å². The van der Waals surface area contributed by atoms with Crippen molar-refractivity contribution in [3.8, 4) is 0 Å². The van der Waals surface area contributed by atoms with E-state index in [0.717, 1.165) is 18.8 Å². The molecule has 3 N–H and O–H groups in total. The minimum atomic E-state index is 0.275. The summed E-state index contributed by atoms with van der Waals surface area (Å²) in [5.41, 5.74) is 6.65. The van der Waals surface area contributed by atoms with E-state index in [1.165, 1.54) is 25.7 Å². The largest absolute Gasteiger partial charge is 0.409 e. The predicted octanol–water partition coefficient (Wildman–Crippen LogP) is 2.35. The fourth-order valence-corrected chi connectivity index (χ4v) is 2.87. The summed E-state index contributed by atoms with van der Waals surface area (Å²) in [6, 6.07) is 3.09. The summed E-state index contributed by atoms with van der Waals surface area (Å²) >= 11 is 0. The smallest absolute Gasteiger partial charge is 0.140 e. The lowest BCUT2D eigenvalue weighted by atomic mass is 10.2. The van der Waals surface area contributed by atoms with Gasteiger partial charge in [-0.15, -0.1) is 0 Å². The molecule has 0 spiro atoms. The Morgan fingerprint density at radius 1 is 1.52 bits per heavy atom. The van der Waals surface area contributed by atoms with Gasteiger partial charge in [-0.25, -0.2) is 0 Å².